The van der Waals surface area contributed by atoms with Gasteiger partial charge in [-0.05, 0) is 35.6 Å². The van der Waals surface area contributed by atoms with Crippen molar-refractivity contribution in [3.63, 3.8) is 0 Å². The lowest BCUT2D eigenvalue weighted by Crippen LogP contribution is -2.28. The van der Waals surface area contributed by atoms with Gasteiger partial charge in [0.25, 0.3) is 0 Å². The zero-order valence-electron chi connectivity index (χ0n) is 12.3. The lowest BCUT2D eigenvalue weighted by atomic mass is 9.97. The van der Waals surface area contributed by atoms with Crippen LogP contribution in [-0.4, -0.2) is 6.04 Å². The molecule has 2 N–H and O–H groups in total. The Kier molecular flexibility index (Phi) is 5.19. The molecule has 0 aromatic heterocycles. The van der Waals surface area contributed by atoms with Gasteiger partial charge in [0.2, 0.25) is 0 Å². The first-order valence-corrected chi connectivity index (χ1v) is 7.16. The van der Waals surface area contributed by atoms with Gasteiger partial charge in [0.1, 0.15) is 12.4 Å². The first-order valence-electron chi connectivity index (χ1n) is 7.16. The summed E-state index contributed by atoms with van der Waals surface area (Å²) in [5.41, 5.74) is 8.53. The van der Waals surface area contributed by atoms with E-state index in [4.69, 9.17) is 10.5 Å². The third-order valence-electron chi connectivity index (χ3n) is 3.50. The molecule has 2 aromatic carbocycles. The molecular weight excluding hydrogens is 246 g/mol. The van der Waals surface area contributed by atoms with Gasteiger partial charge in [0, 0.05) is 6.04 Å². The average Bonchev–Trinajstić information content (AvgIpc) is 2.47. The van der Waals surface area contributed by atoms with Crippen molar-refractivity contribution in [2.75, 3.05) is 0 Å². The molecule has 0 saturated heterocycles. The predicted molar refractivity (Wildman–Crippen MR) is 83.7 cm³/mol. The second-order valence-electron chi connectivity index (χ2n) is 5.53. The van der Waals surface area contributed by atoms with Crippen LogP contribution in [0.2, 0.25) is 0 Å². The van der Waals surface area contributed by atoms with Gasteiger partial charge in [0.15, 0.2) is 0 Å². The first kappa shape index (κ1) is 14.6. The van der Waals surface area contributed by atoms with Crippen molar-refractivity contribution in [1.82, 2.24) is 0 Å². The Balaban J connectivity index is 1.88. The summed E-state index contributed by atoms with van der Waals surface area (Å²) in [5.74, 6) is 1.40. The summed E-state index contributed by atoms with van der Waals surface area (Å²) in [5, 5.41) is 0. The molecule has 0 radical (unpaired) electrons. The highest BCUT2D eigenvalue weighted by molar-refractivity contribution is 5.28. The van der Waals surface area contributed by atoms with Crippen molar-refractivity contribution in [2.45, 2.75) is 32.9 Å². The number of ether oxygens (including phenoxy) is 1. The molecule has 2 rings (SSSR count). The highest BCUT2D eigenvalue weighted by Crippen LogP contribution is 2.16. The Morgan fingerprint density at radius 2 is 1.55 bits per heavy atom. The lowest BCUT2D eigenvalue weighted by Gasteiger charge is -2.15. The van der Waals surface area contributed by atoms with E-state index in [0.717, 1.165) is 12.2 Å². The summed E-state index contributed by atoms with van der Waals surface area (Å²) in [6.45, 7) is 4.91. The standard InChI is InChI=1S/C18H23NO/c1-14(2)18(19)12-15-8-10-17(11-9-15)20-13-16-6-4-3-5-7-16/h3-11,14,18H,12-13,19H2,1-2H3. The highest BCUT2D eigenvalue weighted by atomic mass is 16.5. The normalized spacial score (nSPS) is 12.4. The van der Waals surface area contributed by atoms with E-state index in [1.807, 2.05) is 30.3 Å². The summed E-state index contributed by atoms with van der Waals surface area (Å²) in [6, 6.07) is 18.6. The van der Waals surface area contributed by atoms with Gasteiger partial charge in [-0.1, -0.05) is 56.3 Å². The maximum absolute atomic E-state index is 6.09. The van der Waals surface area contributed by atoms with E-state index in [-0.39, 0.29) is 6.04 Å². The van der Waals surface area contributed by atoms with Crippen LogP contribution < -0.4 is 10.5 Å². The van der Waals surface area contributed by atoms with Crippen LogP contribution in [0.25, 0.3) is 0 Å². The molecular formula is C18H23NO. The summed E-state index contributed by atoms with van der Waals surface area (Å²) >= 11 is 0. The molecule has 0 aliphatic rings. The van der Waals surface area contributed by atoms with Crippen LogP contribution in [0.5, 0.6) is 5.75 Å². The van der Waals surface area contributed by atoms with Gasteiger partial charge in [-0.3, -0.25) is 0 Å². The number of hydrogen-bond donors (Lipinski definition) is 1. The molecule has 20 heavy (non-hydrogen) atoms. The fraction of sp³-hybridized carbons (Fsp3) is 0.333. The van der Waals surface area contributed by atoms with E-state index in [0.29, 0.717) is 12.5 Å². The SMILES string of the molecule is CC(C)C(N)Cc1ccc(OCc2ccccc2)cc1. The molecule has 0 aliphatic heterocycles. The second-order valence-corrected chi connectivity index (χ2v) is 5.53. The highest BCUT2D eigenvalue weighted by Gasteiger charge is 2.08. The predicted octanol–water partition coefficient (Wildman–Crippen LogP) is 3.79. The monoisotopic (exact) mass is 269 g/mol. The maximum atomic E-state index is 6.09. The average molecular weight is 269 g/mol. The Labute approximate surface area is 121 Å². The molecule has 0 spiro atoms. The fourth-order valence-corrected chi connectivity index (χ4v) is 1.97. The fourth-order valence-electron chi connectivity index (χ4n) is 1.97. The van der Waals surface area contributed by atoms with Crippen molar-refractivity contribution >= 4 is 0 Å². The molecule has 0 aliphatic carbocycles. The number of benzene rings is 2. The third-order valence-corrected chi connectivity index (χ3v) is 3.50. The van der Waals surface area contributed by atoms with Crippen molar-refractivity contribution in [3.8, 4) is 5.75 Å². The van der Waals surface area contributed by atoms with E-state index >= 15 is 0 Å². The molecule has 1 atom stereocenters. The quantitative estimate of drug-likeness (QED) is 0.866. The van der Waals surface area contributed by atoms with E-state index in [1.54, 1.807) is 0 Å². The Morgan fingerprint density at radius 1 is 0.900 bits per heavy atom. The van der Waals surface area contributed by atoms with Crippen molar-refractivity contribution in [2.24, 2.45) is 11.7 Å². The van der Waals surface area contributed by atoms with E-state index in [1.165, 1.54) is 11.1 Å². The van der Waals surface area contributed by atoms with Crippen LogP contribution in [0, 0.1) is 5.92 Å². The van der Waals surface area contributed by atoms with Crippen molar-refractivity contribution in [3.05, 3.63) is 65.7 Å². The summed E-state index contributed by atoms with van der Waals surface area (Å²) in [6.07, 6.45) is 0.913. The second kappa shape index (κ2) is 7.11. The Hall–Kier alpha value is -1.80. The Morgan fingerprint density at radius 3 is 2.15 bits per heavy atom. The molecule has 0 bridgehead atoms. The smallest absolute Gasteiger partial charge is 0.119 e. The summed E-state index contributed by atoms with van der Waals surface area (Å²) in [4.78, 5) is 0. The zero-order chi connectivity index (χ0) is 14.4. The minimum Gasteiger partial charge on any atom is -0.489 e. The van der Waals surface area contributed by atoms with Gasteiger partial charge >= 0.3 is 0 Å². The molecule has 106 valence electrons. The molecule has 0 amide bonds. The Bertz CT molecular complexity index is 505. The minimum atomic E-state index is 0.214. The lowest BCUT2D eigenvalue weighted by molar-refractivity contribution is 0.306. The molecule has 0 heterocycles. The summed E-state index contributed by atoms with van der Waals surface area (Å²) in [7, 11) is 0. The molecule has 0 saturated carbocycles. The van der Waals surface area contributed by atoms with Crippen LogP contribution in [0.15, 0.2) is 54.6 Å². The minimum absolute atomic E-state index is 0.214. The summed E-state index contributed by atoms with van der Waals surface area (Å²) < 4.78 is 5.77. The molecule has 2 aromatic rings. The van der Waals surface area contributed by atoms with E-state index < -0.39 is 0 Å². The topological polar surface area (TPSA) is 35.2 Å². The molecule has 2 heteroatoms. The molecule has 0 fully saturated rings. The van der Waals surface area contributed by atoms with Gasteiger partial charge in [-0.2, -0.15) is 0 Å². The molecule has 1 unspecified atom stereocenters. The van der Waals surface area contributed by atoms with Crippen LogP contribution >= 0.6 is 0 Å². The van der Waals surface area contributed by atoms with Crippen LogP contribution in [-0.2, 0) is 13.0 Å². The van der Waals surface area contributed by atoms with Gasteiger partial charge in [-0.15, -0.1) is 0 Å². The zero-order valence-corrected chi connectivity index (χ0v) is 12.3. The van der Waals surface area contributed by atoms with Gasteiger partial charge in [0.05, 0.1) is 0 Å². The van der Waals surface area contributed by atoms with Gasteiger partial charge in [-0.25, -0.2) is 0 Å². The van der Waals surface area contributed by atoms with Crippen molar-refractivity contribution < 1.29 is 4.74 Å². The van der Waals surface area contributed by atoms with Crippen LogP contribution in [0.1, 0.15) is 25.0 Å². The van der Waals surface area contributed by atoms with Crippen molar-refractivity contribution in [1.29, 1.82) is 0 Å². The van der Waals surface area contributed by atoms with E-state index in [9.17, 15) is 0 Å². The largest absolute Gasteiger partial charge is 0.489 e. The molecule has 2 nitrogen and oxygen atoms in total. The number of rotatable bonds is 6. The van der Waals surface area contributed by atoms with Crippen LogP contribution in [0.3, 0.4) is 0 Å². The number of hydrogen-bond acceptors (Lipinski definition) is 2. The van der Waals surface area contributed by atoms with Gasteiger partial charge < -0.3 is 10.5 Å². The third kappa shape index (κ3) is 4.39. The van der Waals surface area contributed by atoms with E-state index in [2.05, 4.69) is 38.1 Å². The first-order chi connectivity index (χ1) is 9.65. The maximum Gasteiger partial charge on any atom is 0.119 e. The number of nitrogens with two attached hydrogens (primary N) is 1. The van der Waals surface area contributed by atoms with Crippen LogP contribution in [0.4, 0.5) is 0 Å².